The van der Waals surface area contributed by atoms with Gasteiger partial charge >= 0.3 is 11.7 Å². The van der Waals surface area contributed by atoms with Gasteiger partial charge in [0.05, 0.1) is 11.3 Å². The molecule has 0 amide bonds. The van der Waals surface area contributed by atoms with E-state index in [4.69, 9.17) is 0 Å². The molecule has 4 nitrogen and oxygen atoms in total. The van der Waals surface area contributed by atoms with Crippen molar-refractivity contribution in [3.63, 3.8) is 0 Å². The zero-order chi connectivity index (χ0) is 17.4. The summed E-state index contributed by atoms with van der Waals surface area (Å²) in [6.45, 7) is 5.60. The molecule has 2 aromatic rings. The zero-order valence-corrected chi connectivity index (χ0v) is 13.0. The van der Waals surface area contributed by atoms with Crippen LogP contribution in [0.1, 0.15) is 25.0 Å². The van der Waals surface area contributed by atoms with E-state index in [9.17, 15) is 23.1 Å². The van der Waals surface area contributed by atoms with Gasteiger partial charge in [0.15, 0.2) is 5.75 Å². The lowest BCUT2D eigenvalue weighted by Gasteiger charge is -2.14. The van der Waals surface area contributed by atoms with Gasteiger partial charge in [-0.25, -0.2) is 4.68 Å². The van der Waals surface area contributed by atoms with Gasteiger partial charge in [0.2, 0.25) is 0 Å². The van der Waals surface area contributed by atoms with Crippen molar-refractivity contribution in [1.29, 1.82) is 0 Å². The molecular formula is C16H17F3N2O2. The van der Waals surface area contributed by atoms with Crippen molar-refractivity contribution in [1.82, 2.24) is 9.78 Å². The van der Waals surface area contributed by atoms with Crippen molar-refractivity contribution < 1.29 is 18.3 Å². The maximum absolute atomic E-state index is 12.6. The van der Waals surface area contributed by atoms with Crippen LogP contribution in [0.2, 0.25) is 0 Å². The topological polar surface area (TPSA) is 55.1 Å². The summed E-state index contributed by atoms with van der Waals surface area (Å²) in [5.41, 5.74) is -0.431. The van der Waals surface area contributed by atoms with Crippen molar-refractivity contribution in [2.24, 2.45) is 5.92 Å². The molecule has 0 atom stereocenters. The van der Waals surface area contributed by atoms with Crippen molar-refractivity contribution >= 4 is 0 Å². The molecule has 2 rings (SSSR count). The molecule has 0 saturated carbocycles. The average molecular weight is 326 g/mol. The Hall–Kier alpha value is -2.31. The molecule has 1 N–H and O–H groups in total. The Kier molecular flexibility index (Phi) is 4.49. The number of halogens is 3. The number of rotatable bonds is 3. The number of hydrogen-bond acceptors (Lipinski definition) is 3. The van der Waals surface area contributed by atoms with E-state index in [0.29, 0.717) is 12.1 Å². The predicted molar refractivity (Wildman–Crippen MR) is 80.2 cm³/mol. The largest absolute Gasteiger partial charge is 0.503 e. The van der Waals surface area contributed by atoms with Gasteiger partial charge in [-0.3, -0.25) is 4.79 Å². The average Bonchev–Trinajstić information content (AvgIpc) is 2.47. The molecule has 1 heterocycles. The Labute approximate surface area is 131 Å². The van der Waals surface area contributed by atoms with Crippen LogP contribution in [0.3, 0.4) is 0 Å². The molecule has 0 bridgehead atoms. The van der Waals surface area contributed by atoms with Crippen LogP contribution in [0.5, 0.6) is 5.75 Å². The first-order valence-corrected chi connectivity index (χ1v) is 7.09. The van der Waals surface area contributed by atoms with Gasteiger partial charge in [-0.2, -0.15) is 18.3 Å². The van der Waals surface area contributed by atoms with Crippen molar-refractivity contribution in [2.45, 2.75) is 33.5 Å². The van der Waals surface area contributed by atoms with Gasteiger partial charge in [0.1, 0.15) is 0 Å². The van der Waals surface area contributed by atoms with E-state index >= 15 is 0 Å². The molecule has 0 aliphatic rings. The molecule has 0 fully saturated rings. The summed E-state index contributed by atoms with van der Waals surface area (Å²) in [4.78, 5) is 12.0. The molecule has 124 valence electrons. The smallest absolute Gasteiger partial charge is 0.416 e. The summed E-state index contributed by atoms with van der Waals surface area (Å²) in [6, 6.07) is 4.46. The van der Waals surface area contributed by atoms with Crippen LogP contribution in [0.15, 0.2) is 29.1 Å². The minimum Gasteiger partial charge on any atom is -0.503 e. The van der Waals surface area contributed by atoms with Gasteiger partial charge < -0.3 is 5.11 Å². The van der Waals surface area contributed by atoms with Crippen LogP contribution in [0.25, 0.3) is 11.3 Å². The summed E-state index contributed by atoms with van der Waals surface area (Å²) in [7, 11) is 0. The third-order valence-corrected chi connectivity index (χ3v) is 3.39. The number of alkyl halides is 3. The summed E-state index contributed by atoms with van der Waals surface area (Å²) in [5, 5.41) is 14.2. The van der Waals surface area contributed by atoms with Gasteiger partial charge in [-0.05, 0) is 25.0 Å². The van der Waals surface area contributed by atoms with Crippen LogP contribution in [0.4, 0.5) is 13.2 Å². The quantitative estimate of drug-likeness (QED) is 0.937. The van der Waals surface area contributed by atoms with E-state index < -0.39 is 23.0 Å². The Balaban J connectivity index is 2.55. The highest BCUT2D eigenvalue weighted by molar-refractivity contribution is 5.65. The number of aromatic hydroxyl groups is 1. The third kappa shape index (κ3) is 3.55. The van der Waals surface area contributed by atoms with E-state index in [-0.39, 0.29) is 17.2 Å². The Morgan fingerprint density at radius 3 is 2.26 bits per heavy atom. The summed E-state index contributed by atoms with van der Waals surface area (Å²) in [6.07, 6.45) is -4.42. The second kappa shape index (κ2) is 6.06. The van der Waals surface area contributed by atoms with E-state index in [2.05, 4.69) is 5.10 Å². The summed E-state index contributed by atoms with van der Waals surface area (Å²) in [5.74, 6) is -0.307. The fraction of sp³-hybridized carbons (Fsp3) is 0.375. The first-order chi connectivity index (χ1) is 10.6. The second-order valence-electron chi connectivity index (χ2n) is 5.78. The van der Waals surface area contributed by atoms with Crippen LogP contribution in [-0.2, 0) is 12.7 Å². The number of hydrogen-bond donors (Lipinski definition) is 1. The monoisotopic (exact) mass is 326 g/mol. The van der Waals surface area contributed by atoms with Gasteiger partial charge in [0.25, 0.3) is 0 Å². The molecular weight excluding hydrogens is 309 g/mol. The van der Waals surface area contributed by atoms with E-state index in [1.165, 1.54) is 19.1 Å². The third-order valence-electron chi connectivity index (χ3n) is 3.39. The van der Waals surface area contributed by atoms with Crippen LogP contribution in [-0.4, -0.2) is 14.9 Å². The molecule has 0 aliphatic carbocycles. The maximum atomic E-state index is 12.6. The van der Waals surface area contributed by atoms with Gasteiger partial charge in [0, 0.05) is 17.7 Å². The highest BCUT2D eigenvalue weighted by atomic mass is 19.4. The Bertz CT molecular complexity index is 763. The molecule has 0 aliphatic heterocycles. The second-order valence-corrected chi connectivity index (χ2v) is 5.78. The molecule has 0 saturated heterocycles. The molecule has 23 heavy (non-hydrogen) atoms. The highest BCUT2D eigenvalue weighted by Crippen LogP contribution is 2.31. The predicted octanol–water partition coefficient (Wildman–Crippen LogP) is 3.60. The van der Waals surface area contributed by atoms with Crippen molar-refractivity contribution in [3.05, 3.63) is 45.7 Å². The van der Waals surface area contributed by atoms with E-state index in [1.807, 2.05) is 13.8 Å². The lowest BCUT2D eigenvalue weighted by atomic mass is 10.0. The van der Waals surface area contributed by atoms with Crippen LogP contribution in [0, 0.1) is 12.8 Å². The van der Waals surface area contributed by atoms with Crippen LogP contribution >= 0.6 is 0 Å². The van der Waals surface area contributed by atoms with Crippen LogP contribution < -0.4 is 5.56 Å². The zero-order valence-electron chi connectivity index (χ0n) is 13.0. The molecule has 0 spiro atoms. The first-order valence-electron chi connectivity index (χ1n) is 7.09. The van der Waals surface area contributed by atoms with E-state index in [0.717, 1.165) is 16.8 Å². The van der Waals surface area contributed by atoms with Crippen molar-refractivity contribution in [3.8, 4) is 17.0 Å². The lowest BCUT2D eigenvalue weighted by molar-refractivity contribution is -0.137. The molecule has 0 unspecified atom stereocenters. The molecule has 0 radical (unpaired) electrons. The summed E-state index contributed by atoms with van der Waals surface area (Å²) < 4.78 is 39.0. The minimum atomic E-state index is -4.42. The SMILES string of the molecule is Cc1c(-c2ccc(C(F)(F)F)cc2)nn(CC(C)C)c(=O)c1O. The summed E-state index contributed by atoms with van der Waals surface area (Å²) >= 11 is 0. The van der Waals surface area contributed by atoms with E-state index in [1.54, 1.807) is 0 Å². The molecule has 7 heteroatoms. The minimum absolute atomic E-state index is 0.128. The number of benzene rings is 1. The van der Waals surface area contributed by atoms with Gasteiger partial charge in [-0.15, -0.1) is 0 Å². The Morgan fingerprint density at radius 1 is 1.22 bits per heavy atom. The van der Waals surface area contributed by atoms with Crippen molar-refractivity contribution in [2.75, 3.05) is 0 Å². The lowest BCUT2D eigenvalue weighted by Crippen LogP contribution is -2.26. The number of nitrogens with zero attached hydrogens (tertiary/aromatic N) is 2. The molecule has 1 aromatic carbocycles. The standard InChI is InChI=1S/C16H17F3N2O2/c1-9(2)8-21-15(23)14(22)10(3)13(20-21)11-4-6-12(7-5-11)16(17,18)19/h4-7,9,22H,8H2,1-3H3. The molecule has 1 aromatic heterocycles. The highest BCUT2D eigenvalue weighted by Gasteiger charge is 2.30. The maximum Gasteiger partial charge on any atom is 0.416 e. The normalized spacial score (nSPS) is 12.0. The fourth-order valence-corrected chi connectivity index (χ4v) is 2.20. The number of aromatic nitrogens is 2. The first kappa shape index (κ1) is 17.1. The Morgan fingerprint density at radius 2 is 1.78 bits per heavy atom. The van der Waals surface area contributed by atoms with Gasteiger partial charge in [-0.1, -0.05) is 26.0 Å². The fourth-order valence-electron chi connectivity index (χ4n) is 2.20.